The Balaban J connectivity index is 1.66. The van der Waals surface area contributed by atoms with Gasteiger partial charge in [0, 0.05) is 48.4 Å². The van der Waals surface area contributed by atoms with E-state index in [2.05, 4.69) is 61.8 Å². The van der Waals surface area contributed by atoms with Crippen LogP contribution in [-0.2, 0) is 25.9 Å². The summed E-state index contributed by atoms with van der Waals surface area (Å²) in [7, 11) is 1.72. The summed E-state index contributed by atoms with van der Waals surface area (Å²) in [6, 6.07) is 12.8. The van der Waals surface area contributed by atoms with Crippen LogP contribution >= 0.6 is 11.6 Å². The second-order valence-corrected chi connectivity index (χ2v) is 10.3. The Kier molecular flexibility index (Phi) is 9.70. The number of rotatable bonds is 11. The van der Waals surface area contributed by atoms with E-state index in [-0.39, 0.29) is 0 Å². The van der Waals surface area contributed by atoms with E-state index in [1.54, 1.807) is 7.11 Å². The molecule has 1 N–H and O–H groups in total. The van der Waals surface area contributed by atoms with Crippen LogP contribution in [0.5, 0.6) is 5.75 Å². The van der Waals surface area contributed by atoms with Crippen molar-refractivity contribution in [3.63, 3.8) is 0 Å². The third-order valence-corrected chi connectivity index (χ3v) is 6.95. The molecule has 3 nitrogen and oxygen atoms in total. The molecule has 0 bridgehead atoms. The number of halogens is 1. The van der Waals surface area contributed by atoms with Crippen molar-refractivity contribution in [3.05, 3.63) is 76.0 Å². The average molecular weight is 469 g/mol. The fourth-order valence-corrected chi connectivity index (χ4v) is 5.15. The van der Waals surface area contributed by atoms with Crippen LogP contribution in [0.1, 0.15) is 62.3 Å². The van der Waals surface area contributed by atoms with Crippen molar-refractivity contribution in [2.24, 2.45) is 11.8 Å². The molecule has 1 aliphatic carbocycles. The highest BCUT2D eigenvalue weighted by Gasteiger charge is 2.19. The number of benzene rings is 2. The van der Waals surface area contributed by atoms with Crippen molar-refractivity contribution in [2.45, 2.75) is 66.0 Å². The number of nitrogens with one attached hydrogen (secondary N) is 1. The van der Waals surface area contributed by atoms with Crippen LogP contribution in [0.4, 0.5) is 0 Å². The zero-order valence-corrected chi connectivity index (χ0v) is 21.7. The quantitative estimate of drug-likeness (QED) is 0.359. The van der Waals surface area contributed by atoms with Gasteiger partial charge in [0.05, 0.1) is 7.11 Å². The van der Waals surface area contributed by atoms with Gasteiger partial charge in [-0.15, -0.1) is 0 Å². The van der Waals surface area contributed by atoms with E-state index in [4.69, 9.17) is 16.3 Å². The highest BCUT2D eigenvalue weighted by Crippen LogP contribution is 2.30. The molecule has 0 saturated carbocycles. The molecule has 1 unspecified atom stereocenters. The Bertz CT molecular complexity index is 924. The van der Waals surface area contributed by atoms with Gasteiger partial charge in [-0.25, -0.2) is 0 Å². The summed E-state index contributed by atoms with van der Waals surface area (Å²) in [5.41, 5.74) is 6.49. The van der Waals surface area contributed by atoms with Crippen LogP contribution in [0.2, 0.25) is 5.02 Å². The lowest BCUT2D eigenvalue weighted by molar-refractivity contribution is 0.266. The Hall–Kier alpha value is -1.97. The van der Waals surface area contributed by atoms with Gasteiger partial charge in [-0.05, 0) is 60.4 Å². The summed E-state index contributed by atoms with van der Waals surface area (Å²) in [4.78, 5) is 2.45. The first-order chi connectivity index (χ1) is 15.9. The molecule has 2 aromatic carbocycles. The largest absolute Gasteiger partial charge is 0.496 e. The van der Waals surface area contributed by atoms with Crippen molar-refractivity contribution in [1.82, 2.24) is 10.2 Å². The SMILES string of the molecule is C=C(C(C)CNCc1ccccc1OC)N(Cc1cc(Cl)c2c(c1)CCCCC2)CC(C)C. The van der Waals surface area contributed by atoms with E-state index in [9.17, 15) is 0 Å². The average Bonchev–Trinajstić information content (AvgIpc) is 3.04. The van der Waals surface area contributed by atoms with Crippen molar-refractivity contribution in [1.29, 1.82) is 0 Å². The number of ether oxygens (including phenoxy) is 1. The number of methoxy groups -OCH3 is 1. The third-order valence-electron chi connectivity index (χ3n) is 6.61. The topological polar surface area (TPSA) is 24.5 Å². The van der Waals surface area contributed by atoms with Gasteiger partial charge in [0.15, 0.2) is 0 Å². The predicted molar refractivity (Wildman–Crippen MR) is 141 cm³/mol. The van der Waals surface area contributed by atoms with Gasteiger partial charge in [-0.2, -0.15) is 0 Å². The number of fused-ring (bicyclic) bond motifs is 1. The lowest BCUT2D eigenvalue weighted by Gasteiger charge is -2.32. The maximum atomic E-state index is 6.74. The molecule has 0 heterocycles. The number of hydrogen-bond donors (Lipinski definition) is 1. The van der Waals surface area contributed by atoms with Gasteiger partial charge in [0.1, 0.15) is 5.75 Å². The highest BCUT2D eigenvalue weighted by atomic mass is 35.5. The molecular formula is C29H41ClN2O. The monoisotopic (exact) mass is 468 g/mol. The van der Waals surface area contributed by atoms with E-state index in [1.807, 2.05) is 12.1 Å². The summed E-state index contributed by atoms with van der Waals surface area (Å²) in [5, 5.41) is 4.55. The summed E-state index contributed by atoms with van der Waals surface area (Å²) < 4.78 is 5.48. The van der Waals surface area contributed by atoms with Crippen LogP contribution in [0.3, 0.4) is 0 Å². The first-order valence-corrected chi connectivity index (χ1v) is 12.8. The van der Waals surface area contributed by atoms with Crippen LogP contribution in [0.25, 0.3) is 0 Å². The Morgan fingerprint density at radius 1 is 1.12 bits per heavy atom. The zero-order chi connectivity index (χ0) is 23.8. The molecule has 0 spiro atoms. The van der Waals surface area contributed by atoms with Crippen LogP contribution < -0.4 is 10.1 Å². The molecule has 1 atom stereocenters. The molecule has 0 fully saturated rings. The minimum Gasteiger partial charge on any atom is -0.496 e. The van der Waals surface area contributed by atoms with Crippen LogP contribution in [0.15, 0.2) is 48.7 Å². The number of nitrogens with zero attached hydrogens (tertiary/aromatic N) is 1. The molecule has 180 valence electrons. The van der Waals surface area contributed by atoms with Gasteiger partial charge >= 0.3 is 0 Å². The molecule has 0 amide bonds. The maximum Gasteiger partial charge on any atom is 0.123 e. The first kappa shape index (κ1) is 25.6. The summed E-state index contributed by atoms with van der Waals surface area (Å²) >= 11 is 6.74. The van der Waals surface area contributed by atoms with Gasteiger partial charge < -0.3 is 15.0 Å². The van der Waals surface area contributed by atoms with Gasteiger partial charge in [0.25, 0.3) is 0 Å². The number of aryl methyl sites for hydroxylation is 1. The molecule has 3 rings (SSSR count). The van der Waals surface area contributed by atoms with Crippen LogP contribution in [-0.4, -0.2) is 25.1 Å². The molecule has 33 heavy (non-hydrogen) atoms. The molecule has 1 aliphatic rings. The Labute approximate surface area is 206 Å². The normalized spacial score (nSPS) is 14.5. The van der Waals surface area contributed by atoms with E-state index in [0.29, 0.717) is 11.8 Å². The van der Waals surface area contributed by atoms with E-state index < -0.39 is 0 Å². The van der Waals surface area contributed by atoms with Gasteiger partial charge in [-0.1, -0.05) is 69.6 Å². The number of para-hydroxylation sites is 1. The molecule has 0 aliphatic heterocycles. The highest BCUT2D eigenvalue weighted by molar-refractivity contribution is 6.31. The molecule has 2 aromatic rings. The standard InChI is InChI=1S/C29H41ClN2O/c1-21(2)19-32(20-24-15-25-11-7-6-8-13-27(25)28(30)16-24)23(4)22(3)17-31-18-26-12-9-10-14-29(26)33-5/h9-10,12,14-16,21-22,31H,4,6-8,11,13,17-20H2,1-3,5H3. The fourth-order valence-electron chi connectivity index (χ4n) is 4.79. The lowest BCUT2D eigenvalue weighted by Crippen LogP contribution is -2.33. The lowest BCUT2D eigenvalue weighted by atomic mass is 9.98. The molecular weight excluding hydrogens is 428 g/mol. The minimum absolute atomic E-state index is 0.328. The van der Waals surface area contributed by atoms with Gasteiger partial charge in [0.2, 0.25) is 0 Å². The zero-order valence-electron chi connectivity index (χ0n) is 20.9. The fraction of sp³-hybridized carbons (Fsp3) is 0.517. The second-order valence-electron chi connectivity index (χ2n) is 9.89. The van der Waals surface area contributed by atoms with Crippen molar-refractivity contribution < 1.29 is 4.74 Å². The Morgan fingerprint density at radius 3 is 2.64 bits per heavy atom. The van der Waals surface area contributed by atoms with E-state index >= 15 is 0 Å². The smallest absolute Gasteiger partial charge is 0.123 e. The van der Waals surface area contributed by atoms with Crippen molar-refractivity contribution in [2.75, 3.05) is 20.2 Å². The van der Waals surface area contributed by atoms with Crippen molar-refractivity contribution in [3.8, 4) is 5.75 Å². The predicted octanol–water partition coefficient (Wildman–Crippen LogP) is 7.02. The molecule has 0 saturated heterocycles. The molecule has 4 heteroatoms. The van der Waals surface area contributed by atoms with E-state index in [1.165, 1.54) is 47.2 Å². The molecule has 0 radical (unpaired) electrons. The van der Waals surface area contributed by atoms with Crippen molar-refractivity contribution >= 4 is 11.6 Å². The Morgan fingerprint density at radius 2 is 1.88 bits per heavy atom. The van der Waals surface area contributed by atoms with Crippen LogP contribution in [0, 0.1) is 11.8 Å². The number of hydrogen-bond acceptors (Lipinski definition) is 3. The molecule has 0 aromatic heterocycles. The third kappa shape index (κ3) is 7.25. The first-order valence-electron chi connectivity index (χ1n) is 12.5. The summed E-state index contributed by atoms with van der Waals surface area (Å²) in [6.07, 6.45) is 6.09. The minimum atomic E-state index is 0.328. The van der Waals surface area contributed by atoms with Gasteiger partial charge in [-0.3, -0.25) is 0 Å². The summed E-state index contributed by atoms with van der Waals surface area (Å²) in [6.45, 7) is 14.8. The summed E-state index contributed by atoms with van der Waals surface area (Å²) in [5.74, 6) is 1.82. The van der Waals surface area contributed by atoms with E-state index in [0.717, 1.165) is 49.8 Å². The maximum absolute atomic E-state index is 6.74. The second kappa shape index (κ2) is 12.5.